The number of benzene rings is 2. The minimum absolute atomic E-state index is 0.00573. The topological polar surface area (TPSA) is 43.6 Å². The fraction of sp³-hybridized carbons (Fsp3) is 0.158. The van der Waals surface area contributed by atoms with Crippen LogP contribution in [-0.2, 0) is 6.42 Å². The van der Waals surface area contributed by atoms with Crippen molar-refractivity contribution in [1.29, 1.82) is 0 Å². The lowest BCUT2D eigenvalue weighted by molar-refractivity contribution is 0.254. The lowest BCUT2D eigenvalue weighted by Crippen LogP contribution is -2.22. The van der Waals surface area contributed by atoms with Crippen molar-refractivity contribution in [1.82, 2.24) is 9.38 Å². The van der Waals surface area contributed by atoms with Crippen LogP contribution in [-0.4, -0.2) is 15.5 Å². The normalized spacial score (nSPS) is 17.5. The SMILES string of the molecule is C[C@@H]1Cc2cc(/C=c3\sc4nc5ccccc5n4c3=O)ccc2O1. The Bertz CT molecular complexity index is 1210. The van der Waals surface area contributed by atoms with Crippen molar-refractivity contribution < 1.29 is 4.74 Å². The first-order chi connectivity index (χ1) is 11.7. The van der Waals surface area contributed by atoms with Crippen molar-refractivity contribution >= 4 is 33.4 Å². The Labute approximate surface area is 141 Å². The highest BCUT2D eigenvalue weighted by atomic mass is 32.1. The Morgan fingerprint density at radius 1 is 1.29 bits per heavy atom. The summed E-state index contributed by atoms with van der Waals surface area (Å²) in [5.74, 6) is 0.953. The van der Waals surface area contributed by atoms with Gasteiger partial charge in [-0.1, -0.05) is 29.5 Å². The van der Waals surface area contributed by atoms with E-state index in [1.807, 2.05) is 42.5 Å². The first-order valence-corrected chi connectivity index (χ1v) is 8.72. The number of nitrogens with zero attached hydrogens (tertiary/aromatic N) is 2. The molecular formula is C19H14N2O2S. The van der Waals surface area contributed by atoms with Gasteiger partial charge in [-0.2, -0.15) is 0 Å². The van der Waals surface area contributed by atoms with E-state index in [0.29, 0.717) is 4.53 Å². The number of imidazole rings is 1. The van der Waals surface area contributed by atoms with Crippen LogP contribution in [0.4, 0.5) is 0 Å². The van der Waals surface area contributed by atoms with Gasteiger partial charge < -0.3 is 4.74 Å². The Morgan fingerprint density at radius 2 is 2.17 bits per heavy atom. The molecule has 2 aromatic heterocycles. The number of rotatable bonds is 1. The van der Waals surface area contributed by atoms with Crippen LogP contribution >= 0.6 is 11.3 Å². The molecule has 0 unspecified atom stereocenters. The standard InChI is InChI=1S/C19H14N2O2S/c1-11-8-13-9-12(6-7-16(13)23-11)10-17-18(22)21-15-5-3-2-4-14(15)20-19(21)24-17/h2-7,9-11H,8H2,1H3/b17-10-/t11-/m1/s1. The van der Waals surface area contributed by atoms with Crippen molar-refractivity contribution in [3.63, 3.8) is 0 Å². The van der Waals surface area contributed by atoms with E-state index in [9.17, 15) is 4.79 Å². The largest absolute Gasteiger partial charge is 0.490 e. The molecule has 118 valence electrons. The molecule has 0 radical (unpaired) electrons. The van der Waals surface area contributed by atoms with Crippen LogP contribution < -0.4 is 14.8 Å². The summed E-state index contributed by atoms with van der Waals surface area (Å²) in [4.78, 5) is 18.1. The summed E-state index contributed by atoms with van der Waals surface area (Å²) < 4.78 is 8.14. The van der Waals surface area contributed by atoms with Gasteiger partial charge in [0.2, 0.25) is 0 Å². The molecule has 4 aromatic rings. The van der Waals surface area contributed by atoms with Crippen molar-refractivity contribution in [2.75, 3.05) is 0 Å². The molecule has 4 nitrogen and oxygen atoms in total. The van der Waals surface area contributed by atoms with Gasteiger partial charge in [0.1, 0.15) is 11.9 Å². The Hall–Kier alpha value is -2.66. The van der Waals surface area contributed by atoms with Crippen molar-refractivity contribution in [3.8, 4) is 5.75 Å². The van der Waals surface area contributed by atoms with E-state index < -0.39 is 0 Å². The number of fused-ring (bicyclic) bond motifs is 4. The molecule has 5 rings (SSSR count). The summed E-state index contributed by atoms with van der Waals surface area (Å²) >= 11 is 1.43. The number of ether oxygens (including phenoxy) is 1. The predicted molar refractivity (Wildman–Crippen MR) is 95.9 cm³/mol. The molecule has 24 heavy (non-hydrogen) atoms. The van der Waals surface area contributed by atoms with Crippen LogP contribution in [0.2, 0.25) is 0 Å². The van der Waals surface area contributed by atoms with E-state index in [2.05, 4.69) is 18.0 Å². The van der Waals surface area contributed by atoms with Crippen LogP contribution in [0, 0.1) is 0 Å². The number of hydrogen-bond donors (Lipinski definition) is 0. The summed E-state index contributed by atoms with van der Waals surface area (Å²) in [6, 6.07) is 13.8. The lowest BCUT2D eigenvalue weighted by Gasteiger charge is -2.01. The summed E-state index contributed by atoms with van der Waals surface area (Å²) in [6.07, 6.45) is 3.08. The van der Waals surface area contributed by atoms with Gasteiger partial charge in [-0.15, -0.1) is 0 Å². The highest BCUT2D eigenvalue weighted by molar-refractivity contribution is 7.15. The van der Waals surface area contributed by atoms with E-state index >= 15 is 0 Å². The van der Waals surface area contributed by atoms with Crippen LogP contribution in [0.5, 0.6) is 5.75 Å². The van der Waals surface area contributed by atoms with E-state index in [4.69, 9.17) is 4.74 Å². The molecule has 3 heterocycles. The average molecular weight is 334 g/mol. The molecular weight excluding hydrogens is 320 g/mol. The van der Waals surface area contributed by atoms with Gasteiger partial charge >= 0.3 is 0 Å². The van der Waals surface area contributed by atoms with E-state index in [-0.39, 0.29) is 11.7 Å². The maximum atomic E-state index is 12.8. The van der Waals surface area contributed by atoms with Gasteiger partial charge in [-0.05, 0) is 48.4 Å². The highest BCUT2D eigenvalue weighted by Gasteiger charge is 2.18. The van der Waals surface area contributed by atoms with Gasteiger partial charge in [0.05, 0.1) is 15.6 Å². The molecule has 2 aromatic carbocycles. The van der Waals surface area contributed by atoms with Crippen LogP contribution in [0.25, 0.3) is 22.1 Å². The maximum absolute atomic E-state index is 12.8. The molecule has 0 spiro atoms. The molecule has 0 fully saturated rings. The number of hydrogen-bond acceptors (Lipinski definition) is 4. The minimum Gasteiger partial charge on any atom is -0.490 e. The fourth-order valence-electron chi connectivity index (χ4n) is 3.30. The van der Waals surface area contributed by atoms with Gasteiger partial charge in [0, 0.05) is 6.42 Å². The van der Waals surface area contributed by atoms with Crippen molar-refractivity contribution in [2.45, 2.75) is 19.4 Å². The minimum atomic E-state index is -0.00573. The Morgan fingerprint density at radius 3 is 3.08 bits per heavy atom. The van der Waals surface area contributed by atoms with Gasteiger partial charge in [-0.3, -0.25) is 4.79 Å². The fourth-order valence-corrected chi connectivity index (χ4v) is 4.28. The maximum Gasteiger partial charge on any atom is 0.274 e. The summed E-state index contributed by atoms with van der Waals surface area (Å²) in [7, 11) is 0. The quantitative estimate of drug-likeness (QED) is 0.538. The first kappa shape index (κ1) is 13.7. The van der Waals surface area contributed by atoms with E-state index in [1.54, 1.807) is 4.40 Å². The van der Waals surface area contributed by atoms with E-state index in [1.165, 1.54) is 16.9 Å². The molecule has 0 amide bonds. The molecule has 5 heteroatoms. The predicted octanol–water partition coefficient (Wildman–Crippen LogP) is 2.78. The number of para-hydroxylation sites is 2. The van der Waals surface area contributed by atoms with Crippen molar-refractivity contribution in [3.05, 3.63) is 68.5 Å². The molecule has 0 N–H and O–H groups in total. The zero-order valence-electron chi connectivity index (χ0n) is 13.0. The lowest BCUT2D eigenvalue weighted by atomic mass is 10.1. The van der Waals surface area contributed by atoms with Gasteiger partial charge in [0.25, 0.3) is 5.56 Å². The monoisotopic (exact) mass is 334 g/mol. The molecule has 0 aliphatic carbocycles. The second-order valence-corrected chi connectivity index (χ2v) is 7.14. The molecule has 1 aliphatic heterocycles. The smallest absolute Gasteiger partial charge is 0.274 e. The van der Waals surface area contributed by atoms with Crippen LogP contribution in [0.15, 0.2) is 47.3 Å². The second-order valence-electron chi connectivity index (χ2n) is 6.13. The summed E-state index contributed by atoms with van der Waals surface area (Å²) in [5, 5.41) is 0. The third-order valence-electron chi connectivity index (χ3n) is 4.36. The third kappa shape index (κ3) is 1.98. The van der Waals surface area contributed by atoms with Crippen LogP contribution in [0.1, 0.15) is 18.1 Å². The first-order valence-electron chi connectivity index (χ1n) is 7.90. The van der Waals surface area contributed by atoms with Crippen molar-refractivity contribution in [2.24, 2.45) is 0 Å². The molecule has 0 saturated carbocycles. The summed E-state index contributed by atoms with van der Waals surface area (Å²) in [6.45, 7) is 2.07. The number of thiazole rings is 1. The van der Waals surface area contributed by atoms with Crippen LogP contribution in [0.3, 0.4) is 0 Å². The Kier molecular flexibility index (Phi) is 2.82. The zero-order chi connectivity index (χ0) is 16.3. The summed E-state index contributed by atoms with van der Waals surface area (Å²) in [5.41, 5.74) is 3.95. The third-order valence-corrected chi connectivity index (χ3v) is 5.33. The molecule has 1 aliphatic rings. The molecule has 0 saturated heterocycles. The molecule has 1 atom stereocenters. The average Bonchev–Trinajstić information content (AvgIpc) is 3.20. The van der Waals surface area contributed by atoms with Gasteiger partial charge in [0.15, 0.2) is 4.96 Å². The second kappa shape index (κ2) is 4.92. The number of aromatic nitrogens is 2. The molecule has 0 bridgehead atoms. The zero-order valence-corrected chi connectivity index (χ0v) is 13.8. The van der Waals surface area contributed by atoms with E-state index in [0.717, 1.165) is 33.7 Å². The Balaban J connectivity index is 1.69. The highest BCUT2D eigenvalue weighted by Crippen LogP contribution is 2.29. The van der Waals surface area contributed by atoms with Gasteiger partial charge in [-0.25, -0.2) is 9.38 Å².